The minimum Gasteiger partial charge on any atom is -0.393 e. The van der Waals surface area contributed by atoms with Gasteiger partial charge in [0.1, 0.15) is 0 Å². The van der Waals surface area contributed by atoms with E-state index in [1.54, 1.807) is 11.3 Å². The summed E-state index contributed by atoms with van der Waals surface area (Å²) in [6.07, 6.45) is 3.07. The Morgan fingerprint density at radius 1 is 1.37 bits per heavy atom. The van der Waals surface area contributed by atoms with Crippen molar-refractivity contribution < 1.29 is 9.90 Å². The monoisotopic (exact) mass is 283 g/mol. The molecule has 1 aliphatic rings. The lowest BCUT2D eigenvalue weighted by molar-refractivity contribution is 0.117. The third-order valence-corrected chi connectivity index (χ3v) is 4.51. The van der Waals surface area contributed by atoms with Crippen LogP contribution in [-0.2, 0) is 6.54 Å². The minimum absolute atomic E-state index is 0.133. The second-order valence-electron chi connectivity index (χ2n) is 5.07. The lowest BCUT2D eigenvalue weighted by Gasteiger charge is -2.26. The number of rotatable bonds is 3. The van der Waals surface area contributed by atoms with Crippen molar-refractivity contribution in [3.8, 4) is 0 Å². The van der Waals surface area contributed by atoms with Crippen LogP contribution in [0.2, 0.25) is 0 Å². The van der Waals surface area contributed by atoms with Crippen molar-refractivity contribution in [3.05, 3.63) is 15.6 Å². The predicted molar refractivity (Wildman–Crippen MR) is 75.2 cm³/mol. The van der Waals surface area contributed by atoms with E-state index in [1.807, 2.05) is 13.8 Å². The Kier molecular flexibility index (Phi) is 4.76. The molecule has 0 aliphatic heterocycles. The predicted octanol–water partition coefficient (Wildman–Crippen LogP) is 1.86. The fourth-order valence-corrected chi connectivity index (χ4v) is 3.23. The average molecular weight is 283 g/mol. The Bertz CT molecular complexity index is 439. The van der Waals surface area contributed by atoms with Crippen LogP contribution in [-0.4, -0.2) is 28.3 Å². The van der Waals surface area contributed by atoms with Gasteiger partial charge < -0.3 is 15.7 Å². The van der Waals surface area contributed by atoms with Crippen LogP contribution in [0.1, 0.15) is 41.3 Å². The molecular weight excluding hydrogens is 262 g/mol. The topological polar surface area (TPSA) is 74.2 Å². The maximum atomic E-state index is 11.8. The van der Waals surface area contributed by atoms with E-state index < -0.39 is 0 Å². The molecule has 0 unspecified atom stereocenters. The van der Waals surface area contributed by atoms with Gasteiger partial charge >= 0.3 is 6.03 Å². The van der Waals surface area contributed by atoms with E-state index in [9.17, 15) is 9.90 Å². The number of hydrogen-bond acceptors (Lipinski definition) is 4. The maximum absolute atomic E-state index is 11.8. The number of aliphatic hydroxyl groups excluding tert-OH is 1. The SMILES string of the molecule is Cc1nc(C)c(CNC(=O)NC2CCC(O)CC2)s1. The van der Waals surface area contributed by atoms with E-state index in [4.69, 9.17) is 0 Å². The quantitative estimate of drug-likeness (QED) is 0.792. The molecule has 5 nitrogen and oxygen atoms in total. The van der Waals surface area contributed by atoms with Gasteiger partial charge in [0.25, 0.3) is 0 Å². The second kappa shape index (κ2) is 6.34. The summed E-state index contributed by atoms with van der Waals surface area (Å²) >= 11 is 1.62. The normalized spacial score (nSPS) is 23.1. The Labute approximate surface area is 117 Å². The van der Waals surface area contributed by atoms with Crippen LogP contribution in [0, 0.1) is 13.8 Å². The summed E-state index contributed by atoms with van der Waals surface area (Å²) in [7, 11) is 0. The zero-order valence-corrected chi connectivity index (χ0v) is 12.2. The van der Waals surface area contributed by atoms with E-state index in [0.717, 1.165) is 41.3 Å². The van der Waals surface area contributed by atoms with Crippen molar-refractivity contribution in [1.82, 2.24) is 15.6 Å². The maximum Gasteiger partial charge on any atom is 0.315 e. The molecule has 19 heavy (non-hydrogen) atoms. The van der Waals surface area contributed by atoms with Crippen LogP contribution in [0.3, 0.4) is 0 Å². The van der Waals surface area contributed by atoms with E-state index in [2.05, 4.69) is 15.6 Å². The van der Waals surface area contributed by atoms with Gasteiger partial charge in [-0.15, -0.1) is 11.3 Å². The summed E-state index contributed by atoms with van der Waals surface area (Å²) in [5.41, 5.74) is 0.989. The molecule has 1 heterocycles. The van der Waals surface area contributed by atoms with Crippen LogP contribution in [0.25, 0.3) is 0 Å². The summed E-state index contributed by atoms with van der Waals surface area (Å²) in [5, 5.41) is 16.3. The summed E-state index contributed by atoms with van der Waals surface area (Å²) < 4.78 is 0. The van der Waals surface area contributed by atoms with Crippen LogP contribution < -0.4 is 10.6 Å². The Morgan fingerprint density at radius 3 is 2.63 bits per heavy atom. The standard InChI is InChI=1S/C13H21N3O2S/c1-8-12(19-9(2)15-8)7-14-13(18)16-10-3-5-11(17)6-4-10/h10-11,17H,3-7H2,1-2H3,(H2,14,16,18). The first-order valence-corrected chi connectivity index (χ1v) is 7.51. The Morgan fingerprint density at radius 2 is 2.05 bits per heavy atom. The lowest BCUT2D eigenvalue weighted by atomic mass is 9.93. The molecule has 0 aromatic carbocycles. The number of carbonyl (C=O) groups is 1. The number of nitrogens with one attached hydrogen (secondary N) is 2. The lowest BCUT2D eigenvalue weighted by Crippen LogP contribution is -2.43. The van der Waals surface area contributed by atoms with Gasteiger partial charge in [-0.3, -0.25) is 0 Å². The van der Waals surface area contributed by atoms with Crippen molar-refractivity contribution in [2.24, 2.45) is 0 Å². The summed E-state index contributed by atoms with van der Waals surface area (Å²) in [4.78, 5) is 17.2. The molecule has 1 aromatic rings. The van der Waals surface area contributed by atoms with Gasteiger partial charge in [0.05, 0.1) is 23.4 Å². The van der Waals surface area contributed by atoms with Crippen LogP contribution in [0.15, 0.2) is 0 Å². The molecule has 106 valence electrons. The number of nitrogens with zero attached hydrogens (tertiary/aromatic N) is 1. The van der Waals surface area contributed by atoms with Crippen molar-refractivity contribution in [1.29, 1.82) is 0 Å². The Balaban J connectivity index is 1.74. The molecular formula is C13H21N3O2S. The highest BCUT2D eigenvalue weighted by Crippen LogP contribution is 2.18. The molecule has 0 atom stereocenters. The van der Waals surface area contributed by atoms with Gasteiger partial charge in [-0.2, -0.15) is 0 Å². The third-order valence-electron chi connectivity index (χ3n) is 3.44. The molecule has 2 amide bonds. The van der Waals surface area contributed by atoms with Gasteiger partial charge in [0.2, 0.25) is 0 Å². The minimum atomic E-state index is -0.191. The van der Waals surface area contributed by atoms with Crippen molar-refractivity contribution in [2.45, 2.75) is 58.2 Å². The highest BCUT2D eigenvalue weighted by Gasteiger charge is 2.20. The van der Waals surface area contributed by atoms with Crippen LogP contribution in [0.4, 0.5) is 4.79 Å². The van der Waals surface area contributed by atoms with Gasteiger partial charge in [-0.05, 0) is 39.5 Å². The molecule has 1 fully saturated rings. The van der Waals surface area contributed by atoms with E-state index >= 15 is 0 Å². The smallest absolute Gasteiger partial charge is 0.315 e. The number of urea groups is 1. The van der Waals surface area contributed by atoms with E-state index in [1.165, 1.54) is 0 Å². The van der Waals surface area contributed by atoms with Crippen LogP contribution >= 0.6 is 11.3 Å². The molecule has 6 heteroatoms. The highest BCUT2D eigenvalue weighted by molar-refractivity contribution is 7.11. The number of aliphatic hydroxyl groups is 1. The molecule has 0 radical (unpaired) electrons. The van der Waals surface area contributed by atoms with Crippen molar-refractivity contribution in [2.75, 3.05) is 0 Å². The number of aromatic nitrogens is 1. The molecule has 0 spiro atoms. The number of amides is 2. The average Bonchev–Trinajstić information content (AvgIpc) is 2.68. The summed E-state index contributed by atoms with van der Waals surface area (Å²) in [5.74, 6) is 0. The fraction of sp³-hybridized carbons (Fsp3) is 0.692. The van der Waals surface area contributed by atoms with Crippen LogP contribution in [0.5, 0.6) is 0 Å². The number of aryl methyl sites for hydroxylation is 2. The number of hydrogen-bond donors (Lipinski definition) is 3. The zero-order chi connectivity index (χ0) is 13.8. The fourth-order valence-electron chi connectivity index (χ4n) is 2.35. The van der Waals surface area contributed by atoms with E-state index in [0.29, 0.717) is 6.54 Å². The largest absolute Gasteiger partial charge is 0.393 e. The summed E-state index contributed by atoms with van der Waals surface area (Å²) in [6.45, 7) is 4.45. The molecule has 1 aliphatic carbocycles. The van der Waals surface area contributed by atoms with Gasteiger partial charge in [0, 0.05) is 10.9 Å². The molecule has 2 rings (SSSR count). The first kappa shape index (κ1) is 14.3. The Hall–Kier alpha value is -1.14. The molecule has 3 N–H and O–H groups in total. The second-order valence-corrected chi connectivity index (χ2v) is 6.36. The van der Waals surface area contributed by atoms with Gasteiger partial charge in [-0.1, -0.05) is 0 Å². The van der Waals surface area contributed by atoms with Gasteiger partial charge in [-0.25, -0.2) is 9.78 Å². The zero-order valence-electron chi connectivity index (χ0n) is 11.4. The first-order chi connectivity index (χ1) is 9.04. The first-order valence-electron chi connectivity index (χ1n) is 6.70. The number of thiazole rings is 1. The van der Waals surface area contributed by atoms with E-state index in [-0.39, 0.29) is 18.2 Å². The summed E-state index contributed by atoms with van der Waals surface area (Å²) in [6, 6.07) is 0.0551. The third kappa shape index (κ3) is 4.18. The van der Waals surface area contributed by atoms with Gasteiger partial charge in [0.15, 0.2) is 0 Å². The molecule has 0 bridgehead atoms. The highest BCUT2D eigenvalue weighted by atomic mass is 32.1. The molecule has 1 saturated carbocycles. The molecule has 1 aromatic heterocycles. The van der Waals surface area contributed by atoms with Crippen molar-refractivity contribution in [3.63, 3.8) is 0 Å². The van der Waals surface area contributed by atoms with Crippen molar-refractivity contribution >= 4 is 17.4 Å². The molecule has 0 saturated heterocycles. The number of carbonyl (C=O) groups excluding carboxylic acids is 1.